The smallest absolute Gasteiger partial charge is 0.238 e. The molecule has 1 saturated heterocycles. The fourth-order valence-electron chi connectivity index (χ4n) is 2.91. The van der Waals surface area contributed by atoms with Gasteiger partial charge in [-0.25, -0.2) is 0 Å². The highest BCUT2D eigenvalue weighted by Crippen LogP contribution is 2.20. The molecule has 0 bridgehead atoms. The Balaban J connectivity index is 0.00000312. The highest BCUT2D eigenvalue weighted by molar-refractivity contribution is 9.10. The molecule has 0 radical (unpaired) electrons. The maximum atomic E-state index is 12.3. The zero-order chi connectivity index (χ0) is 17.5. The SMILES string of the molecule is Cc1cc(Br)ccc1NC(=O)CN1CCCC(C(=O)NCCN)C1.Cl. The van der Waals surface area contributed by atoms with Crippen molar-refractivity contribution in [2.75, 3.05) is 38.0 Å². The lowest BCUT2D eigenvalue weighted by atomic mass is 9.97. The molecule has 2 rings (SSSR count). The van der Waals surface area contributed by atoms with Gasteiger partial charge in [0.05, 0.1) is 12.5 Å². The van der Waals surface area contributed by atoms with Gasteiger partial charge in [-0.1, -0.05) is 15.9 Å². The van der Waals surface area contributed by atoms with Crippen LogP contribution in [0.4, 0.5) is 5.69 Å². The Labute approximate surface area is 163 Å². The molecule has 0 aromatic heterocycles. The van der Waals surface area contributed by atoms with Crippen LogP contribution in [0.1, 0.15) is 18.4 Å². The van der Waals surface area contributed by atoms with E-state index in [0.717, 1.165) is 35.1 Å². The first-order valence-electron chi connectivity index (χ1n) is 8.25. The van der Waals surface area contributed by atoms with Gasteiger partial charge in [0.1, 0.15) is 0 Å². The van der Waals surface area contributed by atoms with E-state index in [9.17, 15) is 9.59 Å². The van der Waals surface area contributed by atoms with Gasteiger partial charge in [-0.2, -0.15) is 0 Å². The molecule has 0 spiro atoms. The minimum absolute atomic E-state index is 0. The third kappa shape index (κ3) is 6.93. The summed E-state index contributed by atoms with van der Waals surface area (Å²) in [7, 11) is 0. The molecule has 1 unspecified atom stereocenters. The molecular weight excluding hydrogens is 408 g/mol. The summed E-state index contributed by atoms with van der Waals surface area (Å²) in [4.78, 5) is 26.4. The van der Waals surface area contributed by atoms with Crippen molar-refractivity contribution in [3.8, 4) is 0 Å². The quantitative estimate of drug-likeness (QED) is 0.639. The topological polar surface area (TPSA) is 87.5 Å². The first-order chi connectivity index (χ1) is 11.5. The third-order valence-corrected chi connectivity index (χ3v) is 4.64. The molecule has 8 heteroatoms. The Hall–Kier alpha value is -1.15. The largest absolute Gasteiger partial charge is 0.355 e. The summed E-state index contributed by atoms with van der Waals surface area (Å²) >= 11 is 3.41. The van der Waals surface area contributed by atoms with Crippen LogP contribution < -0.4 is 16.4 Å². The normalized spacial score (nSPS) is 17.5. The Kier molecular flexibility index (Phi) is 9.42. The van der Waals surface area contributed by atoms with E-state index < -0.39 is 0 Å². The molecule has 1 aromatic carbocycles. The summed E-state index contributed by atoms with van der Waals surface area (Å²) in [6.07, 6.45) is 1.78. The maximum absolute atomic E-state index is 12.3. The van der Waals surface area contributed by atoms with Crippen LogP contribution in [0.25, 0.3) is 0 Å². The summed E-state index contributed by atoms with van der Waals surface area (Å²) in [6.45, 7) is 4.65. The predicted octanol–water partition coefficient (Wildman–Crippen LogP) is 1.90. The highest BCUT2D eigenvalue weighted by Gasteiger charge is 2.26. The minimum atomic E-state index is -0.0625. The lowest BCUT2D eigenvalue weighted by molar-refractivity contribution is -0.127. The number of piperidine rings is 1. The summed E-state index contributed by atoms with van der Waals surface area (Å²) in [6, 6.07) is 5.76. The van der Waals surface area contributed by atoms with Crippen molar-refractivity contribution in [2.24, 2.45) is 11.7 Å². The number of nitrogens with zero attached hydrogens (tertiary/aromatic N) is 1. The molecule has 1 aromatic rings. The minimum Gasteiger partial charge on any atom is -0.355 e. The van der Waals surface area contributed by atoms with Gasteiger partial charge >= 0.3 is 0 Å². The van der Waals surface area contributed by atoms with Crippen molar-refractivity contribution in [2.45, 2.75) is 19.8 Å². The van der Waals surface area contributed by atoms with E-state index >= 15 is 0 Å². The number of amides is 2. The Morgan fingerprint density at radius 3 is 2.84 bits per heavy atom. The van der Waals surface area contributed by atoms with Crippen LogP contribution in [0.2, 0.25) is 0 Å². The van der Waals surface area contributed by atoms with Gasteiger partial charge in [0, 0.05) is 29.8 Å². The first-order valence-corrected chi connectivity index (χ1v) is 9.05. The summed E-state index contributed by atoms with van der Waals surface area (Å²) in [5.41, 5.74) is 7.24. The van der Waals surface area contributed by atoms with Crippen molar-refractivity contribution in [1.82, 2.24) is 10.2 Å². The van der Waals surface area contributed by atoms with Crippen molar-refractivity contribution in [3.63, 3.8) is 0 Å². The number of nitrogens with one attached hydrogen (secondary N) is 2. The predicted molar refractivity (Wildman–Crippen MR) is 106 cm³/mol. The Morgan fingerprint density at radius 2 is 2.16 bits per heavy atom. The highest BCUT2D eigenvalue weighted by atomic mass is 79.9. The fraction of sp³-hybridized carbons (Fsp3) is 0.529. The molecule has 4 N–H and O–H groups in total. The summed E-state index contributed by atoms with van der Waals surface area (Å²) in [5, 5.41) is 5.78. The van der Waals surface area contributed by atoms with E-state index in [4.69, 9.17) is 5.73 Å². The molecule has 0 aliphatic carbocycles. The standard InChI is InChI=1S/C17H25BrN4O2.ClH/c1-12-9-14(18)4-5-15(12)21-16(23)11-22-8-2-3-13(10-22)17(24)20-7-6-19;/h4-5,9,13H,2-3,6-8,10-11,19H2,1H3,(H,20,24)(H,21,23);1H. The molecular formula is C17H26BrClN4O2. The molecule has 140 valence electrons. The molecule has 1 aliphatic heterocycles. The molecule has 25 heavy (non-hydrogen) atoms. The second-order valence-corrected chi connectivity index (χ2v) is 7.08. The zero-order valence-corrected chi connectivity index (χ0v) is 16.8. The van der Waals surface area contributed by atoms with Crippen molar-refractivity contribution >= 4 is 45.8 Å². The second kappa shape index (κ2) is 10.8. The van der Waals surface area contributed by atoms with Crippen LogP contribution >= 0.6 is 28.3 Å². The number of carbonyl (C=O) groups excluding carboxylic acids is 2. The van der Waals surface area contributed by atoms with E-state index in [-0.39, 0.29) is 30.1 Å². The van der Waals surface area contributed by atoms with Crippen LogP contribution in [0, 0.1) is 12.8 Å². The van der Waals surface area contributed by atoms with Crippen molar-refractivity contribution < 1.29 is 9.59 Å². The number of halogens is 2. The number of benzene rings is 1. The van der Waals surface area contributed by atoms with Crippen LogP contribution in [0.15, 0.2) is 22.7 Å². The van der Waals surface area contributed by atoms with Crippen LogP contribution in [0.5, 0.6) is 0 Å². The van der Waals surface area contributed by atoms with Gasteiger partial charge in [-0.05, 0) is 50.1 Å². The zero-order valence-electron chi connectivity index (χ0n) is 14.4. The monoisotopic (exact) mass is 432 g/mol. The average molecular weight is 434 g/mol. The molecule has 1 aliphatic rings. The van der Waals surface area contributed by atoms with Crippen molar-refractivity contribution in [3.05, 3.63) is 28.2 Å². The molecule has 1 heterocycles. The van der Waals surface area contributed by atoms with Crippen LogP contribution in [-0.2, 0) is 9.59 Å². The number of rotatable bonds is 6. The molecule has 6 nitrogen and oxygen atoms in total. The third-order valence-electron chi connectivity index (χ3n) is 4.15. The molecule has 2 amide bonds. The van der Waals surface area contributed by atoms with E-state index in [0.29, 0.717) is 26.2 Å². The van der Waals surface area contributed by atoms with Gasteiger partial charge in [0.2, 0.25) is 11.8 Å². The number of hydrogen-bond acceptors (Lipinski definition) is 4. The number of aryl methyl sites for hydroxylation is 1. The maximum Gasteiger partial charge on any atom is 0.238 e. The molecule has 0 saturated carbocycles. The Bertz CT molecular complexity index is 600. The number of nitrogens with two attached hydrogens (primary N) is 1. The van der Waals surface area contributed by atoms with Gasteiger partial charge in [-0.15, -0.1) is 12.4 Å². The first kappa shape index (κ1) is 21.9. The molecule has 1 atom stereocenters. The lowest BCUT2D eigenvalue weighted by Gasteiger charge is -2.31. The van der Waals surface area contributed by atoms with Gasteiger partial charge in [0.15, 0.2) is 0 Å². The summed E-state index contributed by atoms with van der Waals surface area (Å²) in [5.74, 6) is -0.0785. The number of hydrogen-bond donors (Lipinski definition) is 3. The lowest BCUT2D eigenvalue weighted by Crippen LogP contribution is -2.46. The van der Waals surface area contributed by atoms with E-state index in [1.807, 2.05) is 30.0 Å². The van der Waals surface area contributed by atoms with Crippen molar-refractivity contribution in [1.29, 1.82) is 0 Å². The number of carbonyl (C=O) groups is 2. The second-order valence-electron chi connectivity index (χ2n) is 6.16. The van der Waals surface area contributed by atoms with Crippen LogP contribution in [0.3, 0.4) is 0 Å². The van der Waals surface area contributed by atoms with Gasteiger partial charge in [-0.3, -0.25) is 14.5 Å². The van der Waals surface area contributed by atoms with E-state index in [2.05, 4.69) is 26.6 Å². The van der Waals surface area contributed by atoms with Crippen LogP contribution in [-0.4, -0.2) is 49.4 Å². The van der Waals surface area contributed by atoms with Gasteiger partial charge < -0.3 is 16.4 Å². The van der Waals surface area contributed by atoms with Gasteiger partial charge in [0.25, 0.3) is 0 Å². The average Bonchev–Trinajstić information content (AvgIpc) is 2.55. The number of anilines is 1. The summed E-state index contributed by atoms with van der Waals surface area (Å²) < 4.78 is 0.986. The van der Waals surface area contributed by atoms with E-state index in [1.165, 1.54) is 0 Å². The fourth-order valence-corrected chi connectivity index (χ4v) is 3.39. The Morgan fingerprint density at radius 1 is 1.40 bits per heavy atom. The number of likely N-dealkylation sites (tertiary alicyclic amines) is 1. The van der Waals surface area contributed by atoms with E-state index in [1.54, 1.807) is 0 Å². The molecule has 1 fully saturated rings.